The summed E-state index contributed by atoms with van der Waals surface area (Å²) < 4.78 is 0. The number of amides is 2. The molecule has 2 aliphatic rings. The molecule has 0 aliphatic heterocycles. The number of carbonyl (C=O) groups is 2. The normalized spacial score (nSPS) is 20.8. The van der Waals surface area contributed by atoms with E-state index in [9.17, 15) is 9.59 Å². The van der Waals surface area contributed by atoms with Crippen molar-refractivity contribution < 1.29 is 9.59 Å². The Bertz CT molecular complexity index is 425. The van der Waals surface area contributed by atoms with Crippen molar-refractivity contribution in [1.29, 1.82) is 0 Å². The number of nitrogens with one attached hydrogen (secondary N) is 2. The van der Waals surface area contributed by atoms with E-state index in [4.69, 9.17) is 0 Å². The molecule has 2 amide bonds. The molecular weight excluding hydrogens is 360 g/mol. The van der Waals surface area contributed by atoms with Crippen LogP contribution < -0.4 is 10.6 Å². The van der Waals surface area contributed by atoms with Gasteiger partial charge in [-0.25, -0.2) is 0 Å². The Morgan fingerprint density at radius 3 is 1.34 bits per heavy atom. The summed E-state index contributed by atoms with van der Waals surface area (Å²) in [6.45, 7) is 4.35. The summed E-state index contributed by atoms with van der Waals surface area (Å²) in [7, 11) is 0. The highest BCUT2D eigenvalue weighted by atomic mass is 16.2. The maximum Gasteiger partial charge on any atom is 0.220 e. The van der Waals surface area contributed by atoms with Crippen molar-refractivity contribution in [1.82, 2.24) is 10.6 Å². The Morgan fingerprint density at radius 1 is 0.621 bits per heavy atom. The second-order valence-electron chi connectivity index (χ2n) is 9.78. The molecule has 0 aromatic heterocycles. The highest BCUT2D eigenvalue weighted by molar-refractivity contribution is 5.76. The molecule has 0 bridgehead atoms. The Hall–Kier alpha value is -1.06. The van der Waals surface area contributed by atoms with Gasteiger partial charge in [0.25, 0.3) is 0 Å². The average molecular weight is 407 g/mol. The average Bonchev–Trinajstić information content (AvgIpc) is 2.74. The molecule has 4 nitrogen and oxygen atoms in total. The van der Waals surface area contributed by atoms with Crippen molar-refractivity contribution in [3.63, 3.8) is 0 Å². The predicted octanol–water partition coefficient (Wildman–Crippen LogP) is 5.89. The molecule has 0 spiro atoms. The fraction of sp³-hybridized carbons (Fsp3) is 0.920. The highest BCUT2D eigenvalue weighted by Crippen LogP contribution is 2.27. The van der Waals surface area contributed by atoms with Crippen LogP contribution in [0.1, 0.15) is 123 Å². The van der Waals surface area contributed by atoms with E-state index in [-0.39, 0.29) is 11.8 Å². The minimum Gasteiger partial charge on any atom is -0.353 e. The fourth-order valence-corrected chi connectivity index (χ4v) is 5.26. The lowest BCUT2D eigenvalue weighted by atomic mass is 9.84. The molecule has 0 aromatic carbocycles. The molecule has 0 unspecified atom stereocenters. The second kappa shape index (κ2) is 14.0. The van der Waals surface area contributed by atoms with E-state index in [0.29, 0.717) is 36.8 Å². The molecule has 2 atom stereocenters. The molecular formula is C25H46N2O2. The van der Waals surface area contributed by atoms with Crippen LogP contribution in [0, 0.1) is 11.8 Å². The first-order chi connectivity index (χ1) is 14.1. The van der Waals surface area contributed by atoms with Gasteiger partial charge in [0, 0.05) is 24.9 Å². The topological polar surface area (TPSA) is 58.2 Å². The predicted molar refractivity (Wildman–Crippen MR) is 121 cm³/mol. The summed E-state index contributed by atoms with van der Waals surface area (Å²) >= 11 is 0. The SMILES string of the molecule is C[C@H](NC(=O)CCCCCCCC(=O)N[C@@H](C)C1CCCCC1)C1CCCCC1. The van der Waals surface area contributed by atoms with Crippen LogP contribution in [-0.2, 0) is 9.59 Å². The van der Waals surface area contributed by atoms with Crippen LogP contribution in [0.2, 0.25) is 0 Å². The van der Waals surface area contributed by atoms with Crippen molar-refractivity contribution in [3.8, 4) is 0 Å². The summed E-state index contributed by atoms with van der Waals surface area (Å²) in [4.78, 5) is 24.3. The second-order valence-corrected chi connectivity index (χ2v) is 9.78. The largest absolute Gasteiger partial charge is 0.353 e. The Kier molecular flexibility index (Phi) is 11.7. The van der Waals surface area contributed by atoms with Gasteiger partial charge in [0.05, 0.1) is 0 Å². The van der Waals surface area contributed by atoms with Crippen molar-refractivity contribution in [2.24, 2.45) is 11.8 Å². The van der Waals surface area contributed by atoms with Crippen molar-refractivity contribution in [3.05, 3.63) is 0 Å². The van der Waals surface area contributed by atoms with E-state index in [1.54, 1.807) is 0 Å². The van der Waals surface area contributed by atoms with Gasteiger partial charge in [0.15, 0.2) is 0 Å². The quantitative estimate of drug-likeness (QED) is 0.397. The Balaban J connectivity index is 1.43. The Morgan fingerprint density at radius 2 is 0.966 bits per heavy atom. The summed E-state index contributed by atoms with van der Waals surface area (Å²) in [5.74, 6) is 1.80. The number of rotatable bonds is 12. The Labute approximate surface area is 179 Å². The zero-order valence-electron chi connectivity index (χ0n) is 19.1. The van der Waals surface area contributed by atoms with Crippen LogP contribution in [0.25, 0.3) is 0 Å². The van der Waals surface area contributed by atoms with Crippen molar-refractivity contribution >= 4 is 11.8 Å². The molecule has 168 valence electrons. The maximum absolute atomic E-state index is 12.1. The lowest BCUT2D eigenvalue weighted by Crippen LogP contribution is -2.38. The molecule has 2 aliphatic carbocycles. The summed E-state index contributed by atoms with van der Waals surface area (Å²) in [6, 6.07) is 0.662. The maximum atomic E-state index is 12.1. The number of hydrogen-bond acceptors (Lipinski definition) is 2. The van der Waals surface area contributed by atoms with E-state index in [1.807, 2.05) is 0 Å². The fourth-order valence-electron chi connectivity index (χ4n) is 5.26. The van der Waals surface area contributed by atoms with Crippen LogP contribution in [-0.4, -0.2) is 23.9 Å². The zero-order valence-corrected chi connectivity index (χ0v) is 19.1. The van der Waals surface area contributed by atoms with Gasteiger partial charge in [-0.3, -0.25) is 9.59 Å². The first-order valence-corrected chi connectivity index (χ1v) is 12.6. The van der Waals surface area contributed by atoms with Gasteiger partial charge in [-0.05, 0) is 64.2 Å². The van der Waals surface area contributed by atoms with E-state index in [0.717, 1.165) is 32.1 Å². The van der Waals surface area contributed by atoms with Gasteiger partial charge in [-0.2, -0.15) is 0 Å². The minimum absolute atomic E-state index is 0.221. The molecule has 29 heavy (non-hydrogen) atoms. The first kappa shape index (κ1) is 24.2. The van der Waals surface area contributed by atoms with Gasteiger partial charge in [-0.1, -0.05) is 57.8 Å². The van der Waals surface area contributed by atoms with Crippen LogP contribution >= 0.6 is 0 Å². The molecule has 2 rings (SSSR count). The lowest BCUT2D eigenvalue weighted by Gasteiger charge is -2.28. The van der Waals surface area contributed by atoms with Crippen molar-refractivity contribution in [2.75, 3.05) is 0 Å². The third-order valence-electron chi connectivity index (χ3n) is 7.30. The van der Waals surface area contributed by atoms with Crippen LogP contribution in [0.4, 0.5) is 0 Å². The van der Waals surface area contributed by atoms with Crippen LogP contribution in [0.3, 0.4) is 0 Å². The van der Waals surface area contributed by atoms with Gasteiger partial charge < -0.3 is 10.6 Å². The standard InChI is InChI=1S/C25H46N2O2/c1-20(22-14-8-6-9-15-22)26-24(28)18-12-4-3-5-13-19-25(29)27-21(2)23-16-10-7-11-17-23/h20-23H,3-19H2,1-2H3,(H,26,28)(H,27,29)/t20-,21-/m0/s1. The van der Waals surface area contributed by atoms with Gasteiger partial charge in [0.2, 0.25) is 11.8 Å². The van der Waals surface area contributed by atoms with E-state index in [1.165, 1.54) is 64.2 Å². The summed E-state index contributed by atoms with van der Waals surface area (Å²) in [6.07, 6.45) is 19.6. The smallest absolute Gasteiger partial charge is 0.220 e. The van der Waals surface area contributed by atoms with E-state index < -0.39 is 0 Å². The van der Waals surface area contributed by atoms with Crippen LogP contribution in [0.5, 0.6) is 0 Å². The van der Waals surface area contributed by atoms with E-state index >= 15 is 0 Å². The zero-order chi connectivity index (χ0) is 20.9. The lowest BCUT2D eigenvalue weighted by molar-refractivity contribution is -0.123. The molecule has 0 radical (unpaired) electrons. The minimum atomic E-state index is 0.221. The van der Waals surface area contributed by atoms with Crippen LogP contribution in [0.15, 0.2) is 0 Å². The monoisotopic (exact) mass is 406 g/mol. The summed E-state index contributed by atoms with van der Waals surface area (Å²) in [5, 5.41) is 6.44. The molecule has 0 saturated heterocycles. The van der Waals surface area contributed by atoms with Gasteiger partial charge >= 0.3 is 0 Å². The molecule has 0 aromatic rings. The first-order valence-electron chi connectivity index (χ1n) is 12.6. The molecule has 2 saturated carbocycles. The number of hydrogen-bond donors (Lipinski definition) is 2. The third kappa shape index (κ3) is 10.00. The van der Waals surface area contributed by atoms with E-state index in [2.05, 4.69) is 24.5 Å². The highest BCUT2D eigenvalue weighted by Gasteiger charge is 2.22. The molecule has 0 heterocycles. The summed E-state index contributed by atoms with van der Waals surface area (Å²) in [5.41, 5.74) is 0. The van der Waals surface area contributed by atoms with Crippen molar-refractivity contribution in [2.45, 2.75) is 135 Å². The van der Waals surface area contributed by atoms with Gasteiger partial charge in [-0.15, -0.1) is 0 Å². The number of carbonyl (C=O) groups excluding carboxylic acids is 2. The molecule has 2 fully saturated rings. The van der Waals surface area contributed by atoms with Gasteiger partial charge in [0.1, 0.15) is 0 Å². The third-order valence-corrected chi connectivity index (χ3v) is 7.30. The molecule has 2 N–H and O–H groups in total. The molecule has 4 heteroatoms. The number of unbranched alkanes of at least 4 members (excludes halogenated alkanes) is 4.